The minimum Gasteiger partial charge on any atom is -0.354 e. The molecule has 0 heterocycles. The topological polar surface area (TPSA) is 89.3 Å². The number of hydrogen-bond donors (Lipinski definition) is 2. The van der Waals surface area contributed by atoms with Gasteiger partial charge in [0.2, 0.25) is 5.91 Å². The van der Waals surface area contributed by atoms with Gasteiger partial charge in [-0.15, -0.1) is 0 Å². The first kappa shape index (κ1) is 14.7. The van der Waals surface area contributed by atoms with Crippen LogP contribution in [0.1, 0.15) is 12.5 Å². The summed E-state index contributed by atoms with van der Waals surface area (Å²) in [6, 6.07) is 6.11. The molecule has 0 aliphatic rings. The van der Waals surface area contributed by atoms with E-state index in [0.717, 1.165) is 5.56 Å². The molecule has 1 atom stereocenters. The lowest BCUT2D eigenvalue weighted by Crippen LogP contribution is -2.39. The summed E-state index contributed by atoms with van der Waals surface area (Å²) in [7, 11) is -3.15. The highest BCUT2D eigenvalue weighted by Crippen LogP contribution is 2.10. The van der Waals surface area contributed by atoms with Crippen LogP contribution in [-0.4, -0.2) is 33.2 Å². The van der Waals surface area contributed by atoms with Crippen LogP contribution in [0.5, 0.6) is 0 Å². The molecule has 0 saturated carbocycles. The van der Waals surface area contributed by atoms with Gasteiger partial charge in [-0.2, -0.15) is 0 Å². The molecule has 5 nitrogen and oxygen atoms in total. The van der Waals surface area contributed by atoms with E-state index in [4.69, 9.17) is 5.73 Å². The van der Waals surface area contributed by atoms with Crippen LogP contribution < -0.4 is 11.1 Å². The first-order valence-corrected chi connectivity index (χ1v) is 7.52. The molecule has 0 radical (unpaired) electrons. The third-order valence-corrected chi connectivity index (χ3v) is 3.61. The number of nitrogens with one attached hydrogen (secondary N) is 1. The van der Waals surface area contributed by atoms with Crippen molar-refractivity contribution in [1.82, 2.24) is 5.32 Å². The standard InChI is InChI=1S/C12H18N2O3S/c1-9(13)12(15)14-8-7-10-3-5-11(6-4-10)18(2,16)17/h3-6,9H,7-8,13H2,1-2H3,(H,14,15). The van der Waals surface area contributed by atoms with Crippen LogP contribution in [0.25, 0.3) is 0 Å². The zero-order chi connectivity index (χ0) is 13.8. The average Bonchev–Trinajstić information content (AvgIpc) is 2.28. The third kappa shape index (κ3) is 4.46. The van der Waals surface area contributed by atoms with E-state index in [1.807, 2.05) is 0 Å². The van der Waals surface area contributed by atoms with Crippen molar-refractivity contribution < 1.29 is 13.2 Å². The first-order valence-electron chi connectivity index (χ1n) is 5.63. The van der Waals surface area contributed by atoms with Gasteiger partial charge >= 0.3 is 0 Å². The van der Waals surface area contributed by atoms with Crippen molar-refractivity contribution in [3.05, 3.63) is 29.8 Å². The predicted octanol–water partition coefficient (Wildman–Crippen LogP) is 0.0960. The number of rotatable bonds is 5. The van der Waals surface area contributed by atoms with Gasteiger partial charge in [0.15, 0.2) is 9.84 Å². The summed E-state index contributed by atoms with van der Waals surface area (Å²) in [5.41, 5.74) is 6.37. The van der Waals surface area contributed by atoms with Crippen LogP contribution in [0.2, 0.25) is 0 Å². The fraction of sp³-hybridized carbons (Fsp3) is 0.417. The third-order valence-electron chi connectivity index (χ3n) is 2.48. The van der Waals surface area contributed by atoms with Crippen LogP contribution in [-0.2, 0) is 21.1 Å². The van der Waals surface area contributed by atoms with E-state index in [0.29, 0.717) is 17.9 Å². The van der Waals surface area contributed by atoms with Gasteiger partial charge < -0.3 is 11.1 Å². The van der Waals surface area contributed by atoms with E-state index in [1.165, 1.54) is 6.26 Å². The number of hydrogen-bond acceptors (Lipinski definition) is 4. The minimum atomic E-state index is -3.15. The second-order valence-corrected chi connectivity index (χ2v) is 6.26. The molecule has 1 rings (SSSR count). The predicted molar refractivity (Wildman–Crippen MR) is 69.9 cm³/mol. The van der Waals surface area contributed by atoms with Crippen LogP contribution in [0.15, 0.2) is 29.2 Å². The maximum atomic E-state index is 11.3. The molecule has 0 saturated heterocycles. The highest BCUT2D eigenvalue weighted by Gasteiger charge is 2.07. The molecule has 18 heavy (non-hydrogen) atoms. The van der Waals surface area contributed by atoms with Gasteiger partial charge in [0.05, 0.1) is 10.9 Å². The second kappa shape index (κ2) is 5.97. The van der Waals surface area contributed by atoms with E-state index in [9.17, 15) is 13.2 Å². The summed E-state index contributed by atoms with van der Waals surface area (Å²) in [6.07, 6.45) is 1.81. The van der Waals surface area contributed by atoms with Crippen LogP contribution in [0, 0.1) is 0 Å². The Morgan fingerprint density at radius 2 is 1.89 bits per heavy atom. The molecule has 0 aliphatic heterocycles. The monoisotopic (exact) mass is 270 g/mol. The van der Waals surface area contributed by atoms with Crippen LogP contribution in [0.3, 0.4) is 0 Å². The van der Waals surface area contributed by atoms with Gasteiger partial charge in [-0.05, 0) is 31.0 Å². The number of carbonyl (C=O) groups excluding carboxylic acids is 1. The molecule has 0 bridgehead atoms. The van der Waals surface area contributed by atoms with Gasteiger partial charge in [-0.1, -0.05) is 12.1 Å². The van der Waals surface area contributed by atoms with Gasteiger partial charge in [0, 0.05) is 12.8 Å². The zero-order valence-corrected chi connectivity index (χ0v) is 11.3. The SMILES string of the molecule is CC(N)C(=O)NCCc1ccc(S(C)(=O)=O)cc1. The lowest BCUT2D eigenvalue weighted by Gasteiger charge is -2.07. The van der Waals surface area contributed by atoms with Crippen LogP contribution in [0.4, 0.5) is 0 Å². The number of amides is 1. The van der Waals surface area contributed by atoms with Crippen molar-refractivity contribution in [3.8, 4) is 0 Å². The summed E-state index contributed by atoms with van der Waals surface area (Å²) < 4.78 is 22.5. The summed E-state index contributed by atoms with van der Waals surface area (Å²) in [5, 5.41) is 2.69. The minimum absolute atomic E-state index is 0.192. The summed E-state index contributed by atoms with van der Waals surface area (Å²) in [6.45, 7) is 2.11. The van der Waals surface area contributed by atoms with Gasteiger partial charge in [0.25, 0.3) is 0 Å². The fourth-order valence-electron chi connectivity index (χ4n) is 1.39. The molecule has 3 N–H and O–H groups in total. The first-order chi connectivity index (χ1) is 8.30. The van der Waals surface area contributed by atoms with Crippen molar-refractivity contribution in [2.75, 3.05) is 12.8 Å². The molecule has 0 aliphatic carbocycles. The van der Waals surface area contributed by atoms with Crippen molar-refractivity contribution in [1.29, 1.82) is 0 Å². The van der Waals surface area contributed by atoms with Crippen molar-refractivity contribution in [2.45, 2.75) is 24.3 Å². The number of benzene rings is 1. The molecule has 1 unspecified atom stereocenters. The van der Waals surface area contributed by atoms with Crippen LogP contribution >= 0.6 is 0 Å². The number of sulfone groups is 1. The average molecular weight is 270 g/mol. The Bertz CT molecular complexity index is 507. The molecular weight excluding hydrogens is 252 g/mol. The maximum absolute atomic E-state index is 11.3. The highest BCUT2D eigenvalue weighted by atomic mass is 32.2. The zero-order valence-electron chi connectivity index (χ0n) is 10.5. The number of nitrogens with two attached hydrogens (primary N) is 1. The Morgan fingerprint density at radius 1 is 1.33 bits per heavy atom. The molecule has 1 amide bonds. The lowest BCUT2D eigenvalue weighted by molar-refractivity contribution is -0.121. The smallest absolute Gasteiger partial charge is 0.236 e. The summed E-state index contributed by atoms with van der Waals surface area (Å²) >= 11 is 0. The van der Waals surface area contributed by atoms with E-state index in [2.05, 4.69) is 5.32 Å². The normalized spacial score (nSPS) is 13.1. The molecule has 0 aromatic heterocycles. The molecule has 1 aromatic rings. The second-order valence-electron chi connectivity index (χ2n) is 4.25. The molecule has 6 heteroatoms. The van der Waals surface area contributed by atoms with Gasteiger partial charge in [-0.3, -0.25) is 4.79 Å². The van der Waals surface area contributed by atoms with Crippen molar-refractivity contribution in [2.24, 2.45) is 5.73 Å². The maximum Gasteiger partial charge on any atom is 0.236 e. The molecule has 1 aromatic carbocycles. The Kier molecular flexibility index (Phi) is 4.86. The van der Waals surface area contributed by atoms with E-state index in [1.54, 1.807) is 31.2 Å². The molecular formula is C12H18N2O3S. The van der Waals surface area contributed by atoms with Gasteiger partial charge in [0.1, 0.15) is 0 Å². The largest absolute Gasteiger partial charge is 0.354 e. The Labute approximate surface area is 107 Å². The van der Waals surface area contributed by atoms with E-state index in [-0.39, 0.29) is 5.91 Å². The Hall–Kier alpha value is -1.40. The van der Waals surface area contributed by atoms with E-state index < -0.39 is 15.9 Å². The lowest BCUT2D eigenvalue weighted by atomic mass is 10.1. The Balaban J connectivity index is 2.53. The molecule has 0 spiro atoms. The summed E-state index contributed by atoms with van der Waals surface area (Å²) in [4.78, 5) is 11.5. The summed E-state index contributed by atoms with van der Waals surface area (Å²) in [5.74, 6) is -0.192. The quantitative estimate of drug-likeness (QED) is 0.794. The van der Waals surface area contributed by atoms with Gasteiger partial charge in [-0.25, -0.2) is 8.42 Å². The van der Waals surface area contributed by atoms with Crippen molar-refractivity contribution in [3.63, 3.8) is 0 Å². The van der Waals surface area contributed by atoms with Crippen molar-refractivity contribution >= 4 is 15.7 Å². The van der Waals surface area contributed by atoms with E-state index >= 15 is 0 Å². The number of carbonyl (C=O) groups is 1. The molecule has 0 fully saturated rings. The molecule has 100 valence electrons. The Morgan fingerprint density at radius 3 is 2.33 bits per heavy atom. The fourth-order valence-corrected chi connectivity index (χ4v) is 2.02. The highest BCUT2D eigenvalue weighted by molar-refractivity contribution is 7.90.